The van der Waals surface area contributed by atoms with Crippen molar-refractivity contribution in [2.24, 2.45) is 0 Å². The summed E-state index contributed by atoms with van der Waals surface area (Å²) in [6.07, 6.45) is 0. The van der Waals surface area contributed by atoms with Crippen LogP contribution in [0.5, 0.6) is 0 Å². The molecule has 2 aromatic carbocycles. The molecule has 0 spiro atoms. The van der Waals surface area contributed by atoms with Crippen molar-refractivity contribution in [3.05, 3.63) is 70.1 Å². The lowest BCUT2D eigenvalue weighted by Gasteiger charge is -2.04. The zero-order chi connectivity index (χ0) is 16.2. The number of esters is 1. The van der Waals surface area contributed by atoms with Crippen LogP contribution in [-0.4, -0.2) is 10.3 Å². The van der Waals surface area contributed by atoms with E-state index in [1.165, 1.54) is 0 Å². The van der Waals surface area contributed by atoms with Gasteiger partial charge in [-0.2, -0.15) is 4.37 Å². The minimum Gasteiger partial charge on any atom is -0.457 e. The first-order chi connectivity index (χ1) is 11.1. The van der Waals surface area contributed by atoms with Crippen LogP contribution < -0.4 is 5.73 Å². The van der Waals surface area contributed by atoms with Gasteiger partial charge in [-0.05, 0) is 29.2 Å². The van der Waals surface area contributed by atoms with Gasteiger partial charge < -0.3 is 10.5 Å². The Morgan fingerprint density at radius 1 is 1.13 bits per heavy atom. The molecule has 0 amide bonds. The normalized spacial score (nSPS) is 10.5. The van der Waals surface area contributed by atoms with Crippen LogP contribution >= 0.6 is 23.1 Å². The molecule has 23 heavy (non-hydrogen) atoms. The molecule has 0 saturated carbocycles. The maximum atomic E-state index is 12.2. The van der Waals surface area contributed by atoms with E-state index in [4.69, 9.17) is 22.1 Å². The second kappa shape index (κ2) is 6.81. The number of carbonyl (C=O) groups is 1. The molecule has 1 heterocycles. The van der Waals surface area contributed by atoms with Gasteiger partial charge in [0.1, 0.15) is 12.3 Å². The number of ether oxygens (including phenoxy) is 1. The monoisotopic (exact) mass is 344 g/mol. The van der Waals surface area contributed by atoms with Gasteiger partial charge in [-0.15, -0.1) is 0 Å². The Balaban J connectivity index is 1.76. The molecule has 2 N–H and O–H groups in total. The highest BCUT2D eigenvalue weighted by atomic mass is 35.5. The average molecular weight is 345 g/mol. The minimum atomic E-state index is -0.468. The average Bonchev–Trinajstić information content (AvgIpc) is 2.96. The summed E-state index contributed by atoms with van der Waals surface area (Å²) in [6, 6.07) is 16.6. The van der Waals surface area contributed by atoms with E-state index in [1.807, 2.05) is 42.5 Å². The van der Waals surface area contributed by atoms with Gasteiger partial charge in [0.2, 0.25) is 0 Å². The fourth-order valence-corrected chi connectivity index (χ4v) is 2.89. The van der Waals surface area contributed by atoms with Crippen LogP contribution in [0.3, 0.4) is 0 Å². The second-order valence-corrected chi connectivity index (χ2v) is 6.05. The third-order valence-electron chi connectivity index (χ3n) is 3.24. The van der Waals surface area contributed by atoms with Crippen LogP contribution in [0, 0.1) is 0 Å². The number of hydrogen-bond acceptors (Lipinski definition) is 5. The summed E-state index contributed by atoms with van der Waals surface area (Å²) in [5.41, 5.74) is 8.68. The molecule has 6 heteroatoms. The van der Waals surface area contributed by atoms with Crippen LogP contribution in [0.1, 0.15) is 15.2 Å². The Kier molecular flexibility index (Phi) is 4.60. The fraction of sp³-hybridized carbons (Fsp3) is 0.0588. The molecule has 3 rings (SSSR count). The predicted molar refractivity (Wildman–Crippen MR) is 92.5 cm³/mol. The van der Waals surface area contributed by atoms with Crippen molar-refractivity contribution in [3.8, 4) is 11.3 Å². The van der Waals surface area contributed by atoms with Gasteiger partial charge in [-0.1, -0.05) is 54.1 Å². The van der Waals surface area contributed by atoms with Crippen molar-refractivity contribution in [3.63, 3.8) is 0 Å². The highest BCUT2D eigenvalue weighted by Gasteiger charge is 2.19. The number of hydrogen-bond donors (Lipinski definition) is 1. The molecule has 4 nitrogen and oxygen atoms in total. The van der Waals surface area contributed by atoms with Crippen LogP contribution in [0.15, 0.2) is 54.6 Å². The number of nitrogens with zero attached hydrogens (tertiary/aromatic N) is 1. The summed E-state index contributed by atoms with van der Waals surface area (Å²) in [5.74, 6) is -0.468. The van der Waals surface area contributed by atoms with Crippen molar-refractivity contribution in [2.45, 2.75) is 6.61 Å². The third kappa shape index (κ3) is 3.52. The Labute approximate surface area is 142 Å². The molecule has 0 atom stereocenters. The molecule has 0 fully saturated rings. The van der Waals surface area contributed by atoms with E-state index in [2.05, 4.69) is 4.37 Å². The Morgan fingerprint density at radius 3 is 2.52 bits per heavy atom. The first kappa shape index (κ1) is 15.5. The van der Waals surface area contributed by atoms with Crippen molar-refractivity contribution in [2.75, 3.05) is 5.73 Å². The molecule has 0 aliphatic carbocycles. The topological polar surface area (TPSA) is 65.2 Å². The summed E-state index contributed by atoms with van der Waals surface area (Å²) < 4.78 is 9.56. The largest absolute Gasteiger partial charge is 0.457 e. The highest BCUT2D eigenvalue weighted by Crippen LogP contribution is 2.32. The van der Waals surface area contributed by atoms with Crippen molar-refractivity contribution < 1.29 is 9.53 Å². The van der Waals surface area contributed by atoms with Crippen molar-refractivity contribution in [1.29, 1.82) is 0 Å². The molecular formula is C17H13ClN2O2S. The molecule has 0 radical (unpaired) electrons. The van der Waals surface area contributed by atoms with Crippen LogP contribution in [0.4, 0.5) is 5.69 Å². The van der Waals surface area contributed by atoms with E-state index in [0.717, 1.165) is 22.7 Å². The third-order valence-corrected chi connectivity index (χ3v) is 4.34. The van der Waals surface area contributed by atoms with E-state index >= 15 is 0 Å². The smallest absolute Gasteiger partial charge is 0.352 e. The quantitative estimate of drug-likeness (QED) is 0.712. The SMILES string of the molecule is Nc1c(-c2ccc(Cl)cc2)nsc1C(=O)OCc1ccccc1. The van der Waals surface area contributed by atoms with E-state index in [0.29, 0.717) is 21.3 Å². The van der Waals surface area contributed by atoms with Gasteiger partial charge in [-0.25, -0.2) is 4.79 Å². The van der Waals surface area contributed by atoms with Gasteiger partial charge in [-0.3, -0.25) is 0 Å². The molecule has 116 valence electrons. The first-order valence-electron chi connectivity index (χ1n) is 6.87. The number of carbonyl (C=O) groups excluding carboxylic acids is 1. The van der Waals surface area contributed by atoms with E-state index in [9.17, 15) is 4.79 Å². The standard InChI is InChI=1S/C17H13ClN2O2S/c18-13-8-6-12(7-9-13)15-14(19)16(23-20-15)17(21)22-10-11-4-2-1-3-5-11/h1-9H,10,19H2. The fourth-order valence-electron chi connectivity index (χ4n) is 2.05. The Morgan fingerprint density at radius 2 is 1.83 bits per heavy atom. The van der Waals surface area contributed by atoms with Gasteiger partial charge in [0.25, 0.3) is 0 Å². The number of anilines is 1. The zero-order valence-electron chi connectivity index (χ0n) is 12.0. The second-order valence-electron chi connectivity index (χ2n) is 4.84. The van der Waals surface area contributed by atoms with Crippen LogP contribution in [0.25, 0.3) is 11.3 Å². The van der Waals surface area contributed by atoms with Gasteiger partial charge in [0, 0.05) is 10.6 Å². The Bertz CT molecular complexity index is 816. The number of benzene rings is 2. The molecular weight excluding hydrogens is 332 g/mol. The molecule has 0 bridgehead atoms. The highest BCUT2D eigenvalue weighted by molar-refractivity contribution is 7.09. The minimum absolute atomic E-state index is 0.202. The maximum Gasteiger partial charge on any atom is 0.352 e. The number of halogens is 1. The van der Waals surface area contributed by atoms with Gasteiger partial charge in [0.15, 0.2) is 4.88 Å². The van der Waals surface area contributed by atoms with Crippen molar-refractivity contribution in [1.82, 2.24) is 4.37 Å². The number of rotatable bonds is 4. The Hall–Kier alpha value is -2.37. The molecule has 1 aromatic heterocycles. The lowest BCUT2D eigenvalue weighted by atomic mass is 10.1. The molecule has 3 aromatic rings. The lowest BCUT2D eigenvalue weighted by Crippen LogP contribution is -2.06. The number of aromatic nitrogens is 1. The summed E-state index contributed by atoms with van der Waals surface area (Å²) >= 11 is 6.91. The van der Waals surface area contributed by atoms with Crippen LogP contribution in [0.2, 0.25) is 5.02 Å². The molecule has 0 saturated heterocycles. The van der Waals surface area contributed by atoms with E-state index < -0.39 is 5.97 Å². The number of nitrogen functional groups attached to an aromatic ring is 1. The summed E-state index contributed by atoms with van der Waals surface area (Å²) in [6.45, 7) is 0.202. The molecule has 0 aliphatic heterocycles. The first-order valence-corrected chi connectivity index (χ1v) is 8.02. The lowest BCUT2D eigenvalue weighted by molar-refractivity contribution is 0.0479. The number of nitrogens with two attached hydrogens (primary N) is 1. The van der Waals surface area contributed by atoms with Gasteiger partial charge >= 0.3 is 5.97 Å². The summed E-state index contributed by atoms with van der Waals surface area (Å²) in [4.78, 5) is 12.5. The van der Waals surface area contributed by atoms with E-state index in [1.54, 1.807) is 12.1 Å². The zero-order valence-corrected chi connectivity index (χ0v) is 13.6. The van der Waals surface area contributed by atoms with Crippen LogP contribution in [-0.2, 0) is 11.3 Å². The predicted octanol–water partition coefficient (Wildman–Crippen LogP) is 4.40. The van der Waals surface area contributed by atoms with Crippen molar-refractivity contribution >= 4 is 34.8 Å². The van der Waals surface area contributed by atoms with Gasteiger partial charge in [0.05, 0.1) is 5.69 Å². The van der Waals surface area contributed by atoms with E-state index in [-0.39, 0.29) is 6.61 Å². The molecule has 0 unspecified atom stereocenters. The maximum absolute atomic E-state index is 12.2. The summed E-state index contributed by atoms with van der Waals surface area (Å²) in [5, 5.41) is 0.630. The molecule has 0 aliphatic rings. The summed E-state index contributed by atoms with van der Waals surface area (Å²) in [7, 11) is 0.